The van der Waals surface area contributed by atoms with E-state index in [0.29, 0.717) is 17.7 Å². The van der Waals surface area contributed by atoms with Crippen molar-refractivity contribution in [3.63, 3.8) is 0 Å². The van der Waals surface area contributed by atoms with Crippen LogP contribution in [-0.2, 0) is 16.6 Å². The second kappa shape index (κ2) is 8.02. The van der Waals surface area contributed by atoms with Gasteiger partial charge in [0.25, 0.3) is 0 Å². The van der Waals surface area contributed by atoms with Crippen LogP contribution in [0.1, 0.15) is 11.6 Å². The van der Waals surface area contributed by atoms with Gasteiger partial charge in [0.1, 0.15) is 18.4 Å². The summed E-state index contributed by atoms with van der Waals surface area (Å²) in [6.07, 6.45) is 2.99. The first kappa shape index (κ1) is 19.1. The molecule has 0 aliphatic rings. The molecule has 0 amide bonds. The van der Waals surface area contributed by atoms with E-state index in [1.54, 1.807) is 36.3 Å². The first-order valence-electron chi connectivity index (χ1n) is 9.04. The quantitative estimate of drug-likeness (QED) is 0.508. The van der Waals surface area contributed by atoms with E-state index in [1.807, 2.05) is 48.5 Å². The summed E-state index contributed by atoms with van der Waals surface area (Å²) in [5.74, 6) is 0.627. The van der Waals surface area contributed by atoms with Crippen LogP contribution in [-0.4, -0.2) is 30.3 Å². The van der Waals surface area contributed by atoms with Crippen LogP contribution in [0, 0.1) is 0 Å². The highest BCUT2D eigenvalue weighted by atomic mass is 32.2. The molecule has 0 radical (unpaired) electrons. The van der Waals surface area contributed by atoms with E-state index in [-0.39, 0.29) is 4.90 Å². The van der Waals surface area contributed by atoms with Crippen molar-refractivity contribution >= 4 is 20.8 Å². The molecule has 7 nitrogen and oxygen atoms in total. The summed E-state index contributed by atoms with van der Waals surface area (Å²) in [5, 5.41) is 5.46. The largest absolute Gasteiger partial charge is 0.496 e. The highest BCUT2D eigenvalue weighted by Gasteiger charge is 2.24. The number of hydrogen-bond acceptors (Lipinski definition) is 5. The Morgan fingerprint density at radius 2 is 1.72 bits per heavy atom. The molecule has 3 aromatic carbocycles. The van der Waals surface area contributed by atoms with E-state index >= 15 is 0 Å². The molecule has 1 aromatic heterocycles. The number of fused-ring (bicyclic) bond motifs is 1. The Bertz CT molecular complexity index is 1210. The third-order valence-corrected chi connectivity index (χ3v) is 6.22. The van der Waals surface area contributed by atoms with E-state index in [2.05, 4.69) is 14.8 Å². The van der Waals surface area contributed by atoms with Gasteiger partial charge in [0.05, 0.1) is 24.6 Å². The molecular formula is C21H20N4O3S. The third kappa shape index (κ3) is 3.98. The molecule has 0 bridgehead atoms. The summed E-state index contributed by atoms with van der Waals surface area (Å²) >= 11 is 0. The van der Waals surface area contributed by atoms with Gasteiger partial charge in [-0.2, -0.15) is 5.10 Å². The lowest BCUT2D eigenvalue weighted by Gasteiger charge is -2.20. The lowest BCUT2D eigenvalue weighted by molar-refractivity contribution is 0.419. The minimum absolute atomic E-state index is 0.202. The van der Waals surface area contributed by atoms with Crippen molar-refractivity contribution in [3.05, 3.63) is 84.9 Å². The van der Waals surface area contributed by atoms with Crippen molar-refractivity contribution in [2.24, 2.45) is 0 Å². The Hall–Kier alpha value is -3.23. The number of nitrogens with one attached hydrogen (secondary N) is 1. The summed E-state index contributed by atoms with van der Waals surface area (Å²) in [6.45, 7) is 0.317. The van der Waals surface area contributed by atoms with Crippen LogP contribution in [0.2, 0.25) is 0 Å². The predicted octanol–water partition coefficient (Wildman–Crippen LogP) is 3.16. The minimum atomic E-state index is -3.83. The maximum Gasteiger partial charge on any atom is 0.241 e. The Morgan fingerprint density at radius 3 is 2.41 bits per heavy atom. The standard InChI is InChI=1S/C21H20N4O3S/c1-28-20-11-12-21(18-10-6-5-9-17(18)20)29(26,27)24-19(13-25-15-22-14-23-25)16-7-3-2-4-8-16/h2-12,14-15,19,24H,13H2,1H3. The number of methoxy groups -OCH3 is 1. The smallest absolute Gasteiger partial charge is 0.241 e. The number of hydrogen-bond donors (Lipinski definition) is 1. The van der Waals surface area contributed by atoms with Crippen LogP contribution < -0.4 is 9.46 Å². The van der Waals surface area contributed by atoms with Crippen LogP contribution in [0.3, 0.4) is 0 Å². The molecule has 0 aliphatic heterocycles. The third-order valence-electron chi connectivity index (χ3n) is 4.69. The Balaban J connectivity index is 1.75. The second-order valence-corrected chi connectivity index (χ2v) is 8.20. The number of rotatable bonds is 7. The van der Waals surface area contributed by atoms with Crippen LogP contribution in [0.15, 0.2) is 84.3 Å². The maximum absolute atomic E-state index is 13.4. The average Bonchev–Trinajstić information content (AvgIpc) is 3.26. The van der Waals surface area contributed by atoms with Gasteiger partial charge in [-0.05, 0) is 17.7 Å². The first-order valence-corrected chi connectivity index (χ1v) is 10.5. The number of nitrogens with zero attached hydrogens (tertiary/aromatic N) is 3. The van der Waals surface area contributed by atoms with Gasteiger partial charge in [0.15, 0.2) is 0 Å². The van der Waals surface area contributed by atoms with E-state index in [0.717, 1.165) is 10.9 Å². The summed E-state index contributed by atoms with van der Waals surface area (Å²) in [5.41, 5.74) is 0.837. The van der Waals surface area contributed by atoms with E-state index in [9.17, 15) is 8.42 Å². The average molecular weight is 408 g/mol. The molecule has 8 heteroatoms. The molecule has 4 aromatic rings. The Labute approximate surface area is 169 Å². The summed E-state index contributed by atoms with van der Waals surface area (Å²) in [6, 6.07) is 19.4. The molecule has 0 saturated carbocycles. The van der Waals surface area contributed by atoms with Crippen LogP contribution in [0.25, 0.3) is 10.8 Å². The molecule has 0 aliphatic carbocycles. The molecule has 0 spiro atoms. The van der Waals surface area contributed by atoms with Gasteiger partial charge in [-0.1, -0.05) is 54.6 Å². The molecular weight excluding hydrogens is 388 g/mol. The lowest BCUT2D eigenvalue weighted by Crippen LogP contribution is -2.31. The van der Waals surface area contributed by atoms with Crippen molar-refractivity contribution in [2.45, 2.75) is 17.5 Å². The normalized spacial score (nSPS) is 12.7. The molecule has 1 N–H and O–H groups in total. The highest BCUT2D eigenvalue weighted by molar-refractivity contribution is 7.89. The molecule has 1 atom stereocenters. The lowest BCUT2D eigenvalue weighted by atomic mass is 10.1. The molecule has 0 saturated heterocycles. The molecule has 4 rings (SSSR count). The molecule has 0 fully saturated rings. The zero-order chi connectivity index (χ0) is 20.3. The van der Waals surface area contributed by atoms with Gasteiger partial charge in [-0.3, -0.25) is 4.68 Å². The van der Waals surface area contributed by atoms with Gasteiger partial charge < -0.3 is 4.74 Å². The fourth-order valence-corrected chi connectivity index (χ4v) is 4.74. The highest BCUT2D eigenvalue weighted by Crippen LogP contribution is 2.31. The molecule has 148 valence electrons. The van der Waals surface area contributed by atoms with E-state index in [1.165, 1.54) is 6.33 Å². The van der Waals surface area contributed by atoms with Gasteiger partial charge in [-0.25, -0.2) is 18.1 Å². The fraction of sp³-hybridized carbons (Fsp3) is 0.143. The zero-order valence-corrected chi connectivity index (χ0v) is 16.6. The van der Waals surface area contributed by atoms with Crippen LogP contribution in [0.5, 0.6) is 5.75 Å². The van der Waals surface area contributed by atoms with Gasteiger partial charge in [-0.15, -0.1) is 0 Å². The summed E-state index contributed by atoms with van der Waals surface area (Å²) in [4.78, 5) is 4.15. The SMILES string of the molecule is COc1ccc(S(=O)(=O)NC(Cn2cncn2)c2ccccc2)c2ccccc12. The van der Waals surface area contributed by atoms with E-state index in [4.69, 9.17) is 4.74 Å². The zero-order valence-electron chi connectivity index (χ0n) is 15.8. The summed E-state index contributed by atoms with van der Waals surface area (Å²) in [7, 11) is -2.26. The Morgan fingerprint density at radius 1 is 1.00 bits per heavy atom. The summed E-state index contributed by atoms with van der Waals surface area (Å²) < 4.78 is 36.5. The van der Waals surface area contributed by atoms with E-state index < -0.39 is 16.1 Å². The monoisotopic (exact) mass is 408 g/mol. The van der Waals surface area contributed by atoms with Crippen LogP contribution >= 0.6 is 0 Å². The minimum Gasteiger partial charge on any atom is -0.496 e. The van der Waals surface area contributed by atoms with Crippen molar-refractivity contribution < 1.29 is 13.2 Å². The molecule has 29 heavy (non-hydrogen) atoms. The van der Waals surface area contributed by atoms with Crippen LogP contribution in [0.4, 0.5) is 0 Å². The second-order valence-electron chi connectivity index (χ2n) is 6.51. The van der Waals surface area contributed by atoms with Gasteiger partial charge >= 0.3 is 0 Å². The number of benzene rings is 3. The Kier molecular flexibility index (Phi) is 5.28. The predicted molar refractivity (Wildman–Crippen MR) is 110 cm³/mol. The molecule has 1 unspecified atom stereocenters. The topological polar surface area (TPSA) is 86.1 Å². The van der Waals surface area contributed by atoms with Gasteiger partial charge in [0, 0.05) is 10.8 Å². The van der Waals surface area contributed by atoms with Crippen molar-refractivity contribution in [3.8, 4) is 5.75 Å². The van der Waals surface area contributed by atoms with Crippen molar-refractivity contribution in [1.82, 2.24) is 19.5 Å². The fourth-order valence-electron chi connectivity index (χ4n) is 3.32. The number of aromatic nitrogens is 3. The number of sulfonamides is 1. The number of ether oxygens (including phenoxy) is 1. The first-order chi connectivity index (χ1) is 14.1. The molecule has 1 heterocycles. The van der Waals surface area contributed by atoms with Gasteiger partial charge in [0.2, 0.25) is 10.0 Å². The maximum atomic E-state index is 13.4. The van der Waals surface area contributed by atoms with Crippen molar-refractivity contribution in [1.29, 1.82) is 0 Å². The van der Waals surface area contributed by atoms with Crippen molar-refractivity contribution in [2.75, 3.05) is 7.11 Å².